The van der Waals surface area contributed by atoms with Crippen LogP contribution in [0.3, 0.4) is 0 Å². The number of phenolic OH excluding ortho intramolecular Hbond substituents is 1. The molecule has 1 fully saturated rings. The zero-order valence-electron chi connectivity index (χ0n) is 11.8. The minimum atomic E-state index is -0.00352. The summed E-state index contributed by atoms with van der Waals surface area (Å²) in [6, 6.07) is 7.57. The molecule has 2 bridgehead atoms. The average Bonchev–Trinajstić information content (AvgIpc) is 2.36. The molecule has 2 heteroatoms. The summed E-state index contributed by atoms with van der Waals surface area (Å²) < 4.78 is 6.12. The standard InChI is InChI=1S/C17H22O2/c1-10-8-11(2)16-12(3)14(10)9-19-17(16)13-6-4-5-7-15(13)18/h4-8,10,12,14,16-18H,9H2,1-3H3/t10-,12-,14-,16-,17-/m1/s1. The number of phenols is 1. The van der Waals surface area contributed by atoms with Gasteiger partial charge in [0, 0.05) is 11.5 Å². The van der Waals surface area contributed by atoms with Gasteiger partial charge in [0.05, 0.1) is 12.7 Å². The van der Waals surface area contributed by atoms with Crippen LogP contribution in [-0.2, 0) is 4.74 Å². The van der Waals surface area contributed by atoms with Crippen LogP contribution in [0.4, 0.5) is 0 Å². The Morgan fingerprint density at radius 2 is 1.95 bits per heavy atom. The maximum atomic E-state index is 10.1. The maximum Gasteiger partial charge on any atom is 0.121 e. The van der Waals surface area contributed by atoms with Gasteiger partial charge in [0.1, 0.15) is 5.75 Å². The van der Waals surface area contributed by atoms with Crippen LogP contribution in [0.15, 0.2) is 35.9 Å². The van der Waals surface area contributed by atoms with Gasteiger partial charge in [0.25, 0.3) is 0 Å². The number of aromatic hydroxyl groups is 1. The highest BCUT2D eigenvalue weighted by Gasteiger charge is 2.44. The average molecular weight is 258 g/mol. The van der Waals surface area contributed by atoms with Crippen LogP contribution in [0.5, 0.6) is 5.75 Å². The quantitative estimate of drug-likeness (QED) is 0.773. The van der Waals surface area contributed by atoms with Crippen molar-refractivity contribution in [2.24, 2.45) is 23.7 Å². The first-order chi connectivity index (χ1) is 9.09. The van der Waals surface area contributed by atoms with Gasteiger partial charge < -0.3 is 9.84 Å². The smallest absolute Gasteiger partial charge is 0.121 e. The Morgan fingerprint density at radius 1 is 1.21 bits per heavy atom. The lowest BCUT2D eigenvalue weighted by molar-refractivity contribution is -0.0941. The zero-order chi connectivity index (χ0) is 13.6. The predicted octanol–water partition coefficient (Wildman–Crippen LogP) is 3.93. The number of fused-ring (bicyclic) bond motifs is 2. The minimum Gasteiger partial charge on any atom is -0.508 e. The molecule has 1 saturated heterocycles. The van der Waals surface area contributed by atoms with Crippen molar-refractivity contribution in [1.29, 1.82) is 0 Å². The summed E-state index contributed by atoms with van der Waals surface area (Å²) in [7, 11) is 0. The van der Waals surface area contributed by atoms with E-state index in [0.717, 1.165) is 12.2 Å². The summed E-state index contributed by atoms with van der Waals surface area (Å²) in [5, 5.41) is 10.1. The second kappa shape index (κ2) is 4.68. The highest BCUT2D eigenvalue weighted by molar-refractivity contribution is 5.36. The van der Waals surface area contributed by atoms with Crippen molar-refractivity contribution in [2.45, 2.75) is 26.9 Å². The minimum absolute atomic E-state index is 0.00352. The van der Waals surface area contributed by atoms with E-state index in [-0.39, 0.29) is 6.10 Å². The number of ether oxygens (including phenoxy) is 1. The van der Waals surface area contributed by atoms with Gasteiger partial charge in [-0.3, -0.25) is 0 Å². The van der Waals surface area contributed by atoms with Crippen molar-refractivity contribution >= 4 is 0 Å². The molecular formula is C17H22O2. The molecule has 0 spiro atoms. The third-order valence-corrected chi connectivity index (χ3v) is 5.01. The Morgan fingerprint density at radius 3 is 2.68 bits per heavy atom. The van der Waals surface area contributed by atoms with Gasteiger partial charge in [-0.15, -0.1) is 0 Å². The number of hydrogen-bond acceptors (Lipinski definition) is 2. The monoisotopic (exact) mass is 258 g/mol. The molecule has 1 heterocycles. The van der Waals surface area contributed by atoms with Gasteiger partial charge in [-0.1, -0.05) is 43.7 Å². The second-order valence-corrected chi connectivity index (χ2v) is 6.13. The van der Waals surface area contributed by atoms with Gasteiger partial charge in [0.15, 0.2) is 0 Å². The Bertz CT molecular complexity index is 506. The van der Waals surface area contributed by atoms with Crippen LogP contribution in [0.2, 0.25) is 0 Å². The van der Waals surface area contributed by atoms with E-state index in [1.54, 1.807) is 6.07 Å². The first kappa shape index (κ1) is 12.7. The molecule has 0 unspecified atom stereocenters. The SMILES string of the molecule is CC1=C[C@@H](C)[C@H]2CO[C@H](c3ccccc3O)[C@H]1[C@@H]2C. The molecule has 19 heavy (non-hydrogen) atoms. The van der Waals surface area contributed by atoms with Crippen molar-refractivity contribution in [3.8, 4) is 5.75 Å². The molecule has 3 rings (SSSR count). The fraction of sp³-hybridized carbons (Fsp3) is 0.529. The van der Waals surface area contributed by atoms with E-state index >= 15 is 0 Å². The first-order valence-corrected chi connectivity index (χ1v) is 7.17. The molecule has 2 aliphatic rings. The van der Waals surface area contributed by atoms with Crippen LogP contribution in [0.25, 0.3) is 0 Å². The molecule has 0 radical (unpaired) electrons. The van der Waals surface area contributed by atoms with E-state index in [0.29, 0.717) is 29.4 Å². The van der Waals surface area contributed by atoms with Crippen molar-refractivity contribution in [1.82, 2.24) is 0 Å². The van der Waals surface area contributed by atoms with Gasteiger partial charge in [-0.25, -0.2) is 0 Å². The lowest BCUT2D eigenvalue weighted by atomic mass is 9.64. The first-order valence-electron chi connectivity index (χ1n) is 7.17. The van der Waals surface area contributed by atoms with Crippen LogP contribution >= 0.6 is 0 Å². The molecular weight excluding hydrogens is 236 g/mol. The summed E-state index contributed by atoms with van der Waals surface area (Å²) in [6.07, 6.45) is 2.39. The second-order valence-electron chi connectivity index (χ2n) is 6.13. The highest BCUT2D eigenvalue weighted by Crippen LogP contribution is 2.50. The van der Waals surface area contributed by atoms with Crippen molar-refractivity contribution in [2.75, 3.05) is 6.61 Å². The number of allylic oxidation sites excluding steroid dienone is 1. The van der Waals surface area contributed by atoms with Gasteiger partial charge in [-0.05, 0) is 30.7 Å². The van der Waals surface area contributed by atoms with E-state index < -0.39 is 0 Å². The molecule has 1 N–H and O–H groups in total. The lowest BCUT2D eigenvalue weighted by Gasteiger charge is -2.47. The summed E-state index contributed by atoms with van der Waals surface area (Å²) in [5.74, 6) is 2.55. The van der Waals surface area contributed by atoms with Crippen LogP contribution in [0, 0.1) is 23.7 Å². The van der Waals surface area contributed by atoms with Crippen molar-refractivity contribution < 1.29 is 9.84 Å². The zero-order valence-corrected chi connectivity index (χ0v) is 11.8. The summed E-state index contributed by atoms with van der Waals surface area (Å²) in [4.78, 5) is 0. The largest absolute Gasteiger partial charge is 0.508 e. The fourth-order valence-corrected chi connectivity index (χ4v) is 3.96. The third kappa shape index (κ3) is 1.99. The van der Waals surface area contributed by atoms with E-state index in [4.69, 9.17) is 4.74 Å². The molecule has 0 saturated carbocycles. The summed E-state index contributed by atoms with van der Waals surface area (Å²) in [6.45, 7) is 7.61. The van der Waals surface area contributed by atoms with E-state index in [1.807, 2.05) is 18.2 Å². The molecule has 2 nitrogen and oxygen atoms in total. The van der Waals surface area contributed by atoms with E-state index in [2.05, 4.69) is 26.8 Å². The topological polar surface area (TPSA) is 29.5 Å². The number of hydrogen-bond donors (Lipinski definition) is 1. The lowest BCUT2D eigenvalue weighted by Crippen LogP contribution is -2.42. The van der Waals surface area contributed by atoms with Crippen molar-refractivity contribution in [3.05, 3.63) is 41.5 Å². The van der Waals surface area contributed by atoms with E-state index in [9.17, 15) is 5.11 Å². The van der Waals surface area contributed by atoms with E-state index in [1.165, 1.54) is 5.57 Å². The normalized spacial score (nSPS) is 37.8. The Kier molecular flexibility index (Phi) is 3.14. The number of rotatable bonds is 1. The molecule has 0 amide bonds. The Labute approximate surface area is 115 Å². The molecule has 0 aromatic heterocycles. The fourth-order valence-electron chi connectivity index (χ4n) is 3.96. The van der Waals surface area contributed by atoms with Gasteiger partial charge >= 0.3 is 0 Å². The summed E-state index contributed by atoms with van der Waals surface area (Å²) in [5.41, 5.74) is 2.34. The summed E-state index contributed by atoms with van der Waals surface area (Å²) >= 11 is 0. The third-order valence-electron chi connectivity index (χ3n) is 5.01. The predicted molar refractivity (Wildman–Crippen MR) is 75.9 cm³/mol. The maximum absolute atomic E-state index is 10.1. The van der Waals surface area contributed by atoms with Gasteiger partial charge in [0.2, 0.25) is 0 Å². The van der Waals surface area contributed by atoms with Crippen LogP contribution < -0.4 is 0 Å². The number of benzene rings is 1. The molecule has 1 aliphatic carbocycles. The van der Waals surface area contributed by atoms with Crippen molar-refractivity contribution in [3.63, 3.8) is 0 Å². The van der Waals surface area contributed by atoms with Crippen LogP contribution in [-0.4, -0.2) is 11.7 Å². The molecule has 102 valence electrons. The molecule has 1 aromatic rings. The molecule has 5 atom stereocenters. The molecule has 1 aromatic carbocycles. The molecule has 1 aliphatic heterocycles. The Balaban J connectivity index is 2.01. The van der Waals surface area contributed by atoms with Gasteiger partial charge in [-0.2, -0.15) is 0 Å². The van der Waals surface area contributed by atoms with Crippen LogP contribution in [0.1, 0.15) is 32.4 Å². The Hall–Kier alpha value is -1.28. The highest BCUT2D eigenvalue weighted by atomic mass is 16.5. The number of para-hydroxylation sites is 1.